The van der Waals surface area contributed by atoms with Gasteiger partial charge in [-0.1, -0.05) is 30.3 Å². The number of nitrogens with one attached hydrogen (secondary N) is 1. The number of hydrogen-bond donors (Lipinski definition) is 1. The fourth-order valence-corrected chi connectivity index (χ4v) is 3.46. The second-order valence-corrected chi connectivity index (χ2v) is 6.89. The Morgan fingerprint density at radius 3 is 2.52 bits per heavy atom. The van der Waals surface area contributed by atoms with E-state index in [2.05, 4.69) is 14.9 Å². The third-order valence-corrected chi connectivity index (χ3v) is 5.04. The molecule has 23 heavy (non-hydrogen) atoms. The number of hydrogen-bond acceptors (Lipinski definition) is 4. The zero-order chi connectivity index (χ0) is 16.4. The van der Waals surface area contributed by atoms with Gasteiger partial charge in [-0.25, -0.2) is 8.42 Å². The van der Waals surface area contributed by atoms with Gasteiger partial charge < -0.3 is 0 Å². The number of aromatic nitrogens is 4. The van der Waals surface area contributed by atoms with Crippen molar-refractivity contribution in [3.63, 3.8) is 0 Å². The Hall–Kier alpha value is -2.61. The monoisotopic (exact) mass is 331 g/mol. The van der Waals surface area contributed by atoms with Crippen LogP contribution in [0.5, 0.6) is 0 Å². The van der Waals surface area contributed by atoms with Crippen molar-refractivity contribution in [3.05, 3.63) is 60.2 Å². The molecular formula is C15H17N5O2S. The lowest BCUT2D eigenvalue weighted by atomic mass is 10.2. The van der Waals surface area contributed by atoms with E-state index in [1.807, 2.05) is 30.3 Å². The summed E-state index contributed by atoms with van der Waals surface area (Å²) in [6, 6.07) is 9.83. The Bertz CT molecular complexity index is 913. The number of anilines is 1. The summed E-state index contributed by atoms with van der Waals surface area (Å²) in [5.41, 5.74) is 2.09. The maximum atomic E-state index is 12.4. The summed E-state index contributed by atoms with van der Waals surface area (Å²) >= 11 is 0. The van der Waals surface area contributed by atoms with Gasteiger partial charge in [-0.2, -0.15) is 10.2 Å². The Labute approximate surface area is 134 Å². The van der Waals surface area contributed by atoms with Gasteiger partial charge in [-0.15, -0.1) is 0 Å². The van der Waals surface area contributed by atoms with Crippen LogP contribution >= 0.6 is 0 Å². The molecule has 0 aliphatic carbocycles. The minimum atomic E-state index is -3.67. The van der Waals surface area contributed by atoms with Gasteiger partial charge in [-0.3, -0.25) is 14.1 Å². The molecule has 0 saturated carbocycles. The van der Waals surface area contributed by atoms with E-state index in [1.165, 1.54) is 17.1 Å². The molecule has 0 atom stereocenters. The smallest absolute Gasteiger partial charge is 0.265 e. The molecular weight excluding hydrogens is 314 g/mol. The number of rotatable bonds is 5. The lowest BCUT2D eigenvalue weighted by Crippen LogP contribution is -2.13. The van der Waals surface area contributed by atoms with Gasteiger partial charge in [0, 0.05) is 13.2 Å². The van der Waals surface area contributed by atoms with Gasteiger partial charge >= 0.3 is 0 Å². The predicted octanol–water partition coefficient (Wildman–Crippen LogP) is 1.77. The van der Waals surface area contributed by atoms with E-state index < -0.39 is 10.0 Å². The summed E-state index contributed by atoms with van der Waals surface area (Å²) < 4.78 is 30.5. The zero-order valence-electron chi connectivity index (χ0n) is 12.8. The number of nitrogens with zero attached hydrogens (tertiary/aromatic N) is 4. The molecule has 1 aromatic carbocycles. The minimum Gasteiger partial charge on any atom is -0.276 e. The summed E-state index contributed by atoms with van der Waals surface area (Å²) in [7, 11) is -1.97. The van der Waals surface area contributed by atoms with Crippen molar-refractivity contribution in [2.45, 2.75) is 18.4 Å². The molecule has 0 bridgehead atoms. The van der Waals surface area contributed by atoms with Gasteiger partial charge in [0.25, 0.3) is 10.0 Å². The Morgan fingerprint density at radius 1 is 1.13 bits per heavy atom. The average molecular weight is 331 g/mol. The van der Waals surface area contributed by atoms with Crippen molar-refractivity contribution < 1.29 is 8.42 Å². The Morgan fingerprint density at radius 2 is 1.87 bits per heavy atom. The molecule has 0 aliphatic heterocycles. The molecule has 0 aliphatic rings. The van der Waals surface area contributed by atoms with Crippen molar-refractivity contribution in [3.8, 4) is 0 Å². The molecule has 0 saturated heterocycles. The summed E-state index contributed by atoms with van der Waals surface area (Å²) in [5, 5.41) is 8.15. The molecule has 2 aromatic heterocycles. The minimum absolute atomic E-state index is 0.163. The highest BCUT2D eigenvalue weighted by Crippen LogP contribution is 2.18. The predicted molar refractivity (Wildman–Crippen MR) is 86.5 cm³/mol. The van der Waals surface area contributed by atoms with Crippen LogP contribution < -0.4 is 4.72 Å². The van der Waals surface area contributed by atoms with Gasteiger partial charge in [0.05, 0.1) is 30.3 Å². The van der Waals surface area contributed by atoms with E-state index in [-0.39, 0.29) is 4.90 Å². The van der Waals surface area contributed by atoms with E-state index in [0.29, 0.717) is 17.9 Å². The largest absolute Gasteiger partial charge is 0.276 e. The highest BCUT2D eigenvalue weighted by molar-refractivity contribution is 7.92. The molecule has 0 radical (unpaired) electrons. The van der Waals surface area contributed by atoms with Crippen molar-refractivity contribution in [1.29, 1.82) is 0 Å². The molecule has 8 heteroatoms. The van der Waals surface area contributed by atoms with Gasteiger partial charge in [-0.05, 0) is 12.5 Å². The van der Waals surface area contributed by atoms with E-state index in [4.69, 9.17) is 0 Å². The van der Waals surface area contributed by atoms with Crippen LogP contribution in [-0.2, 0) is 23.6 Å². The third kappa shape index (κ3) is 3.26. The third-order valence-electron chi connectivity index (χ3n) is 3.55. The summed E-state index contributed by atoms with van der Waals surface area (Å²) in [6.07, 6.45) is 4.49. The number of aryl methyl sites for hydroxylation is 1. The van der Waals surface area contributed by atoms with Crippen LogP contribution in [0.1, 0.15) is 11.3 Å². The van der Waals surface area contributed by atoms with E-state index in [1.54, 1.807) is 24.9 Å². The van der Waals surface area contributed by atoms with Gasteiger partial charge in [0.15, 0.2) is 0 Å². The molecule has 7 nitrogen and oxygen atoms in total. The van der Waals surface area contributed by atoms with Crippen molar-refractivity contribution in [2.24, 2.45) is 7.05 Å². The standard InChI is InChI=1S/C15H17N5O2S/c1-12-15(9-16-19(12)2)23(21,22)18-14-8-17-20(11-14)10-13-6-4-3-5-7-13/h3-9,11,18H,10H2,1-2H3. The van der Waals surface area contributed by atoms with Gasteiger partial charge in [0.1, 0.15) is 4.90 Å². The molecule has 3 rings (SSSR count). The van der Waals surface area contributed by atoms with Crippen molar-refractivity contribution in [1.82, 2.24) is 19.6 Å². The molecule has 0 spiro atoms. The van der Waals surface area contributed by atoms with E-state index in [9.17, 15) is 8.42 Å². The van der Waals surface area contributed by atoms with Crippen LogP contribution in [0.4, 0.5) is 5.69 Å². The SMILES string of the molecule is Cc1c(S(=O)(=O)Nc2cnn(Cc3ccccc3)c2)cnn1C. The van der Waals surface area contributed by atoms with Gasteiger partial charge in [0.2, 0.25) is 0 Å². The lowest BCUT2D eigenvalue weighted by molar-refractivity contribution is 0.600. The van der Waals surface area contributed by atoms with Crippen LogP contribution in [0.3, 0.4) is 0 Å². The molecule has 2 heterocycles. The van der Waals surface area contributed by atoms with Crippen LogP contribution in [-0.4, -0.2) is 28.0 Å². The number of sulfonamides is 1. The van der Waals surface area contributed by atoms with Crippen LogP contribution in [0, 0.1) is 6.92 Å². The average Bonchev–Trinajstić information content (AvgIpc) is 3.07. The highest BCUT2D eigenvalue weighted by Gasteiger charge is 2.20. The fourth-order valence-electron chi connectivity index (χ4n) is 2.23. The second-order valence-electron chi connectivity index (χ2n) is 5.24. The maximum absolute atomic E-state index is 12.4. The highest BCUT2D eigenvalue weighted by atomic mass is 32.2. The molecule has 0 amide bonds. The quantitative estimate of drug-likeness (QED) is 0.772. The summed E-state index contributed by atoms with van der Waals surface area (Å²) in [5.74, 6) is 0. The topological polar surface area (TPSA) is 81.8 Å². The Kier molecular flexibility index (Phi) is 3.91. The molecule has 3 aromatic rings. The first kappa shape index (κ1) is 15.3. The molecule has 120 valence electrons. The zero-order valence-corrected chi connectivity index (χ0v) is 13.7. The van der Waals surface area contributed by atoms with E-state index in [0.717, 1.165) is 5.56 Å². The molecule has 0 unspecified atom stereocenters. The van der Waals surface area contributed by atoms with Crippen molar-refractivity contribution >= 4 is 15.7 Å². The van der Waals surface area contributed by atoms with Crippen LogP contribution in [0.2, 0.25) is 0 Å². The van der Waals surface area contributed by atoms with Crippen LogP contribution in [0.15, 0.2) is 53.8 Å². The lowest BCUT2D eigenvalue weighted by Gasteiger charge is -2.05. The fraction of sp³-hybridized carbons (Fsp3) is 0.200. The second kappa shape index (κ2) is 5.88. The first-order valence-electron chi connectivity index (χ1n) is 7.03. The van der Waals surface area contributed by atoms with Crippen molar-refractivity contribution in [2.75, 3.05) is 4.72 Å². The first-order valence-corrected chi connectivity index (χ1v) is 8.52. The normalized spacial score (nSPS) is 11.6. The number of benzene rings is 1. The maximum Gasteiger partial charge on any atom is 0.265 e. The molecule has 0 fully saturated rings. The molecule has 1 N–H and O–H groups in total. The summed E-state index contributed by atoms with van der Waals surface area (Å²) in [6.45, 7) is 2.29. The summed E-state index contributed by atoms with van der Waals surface area (Å²) in [4.78, 5) is 0.163. The van der Waals surface area contributed by atoms with Crippen LogP contribution in [0.25, 0.3) is 0 Å². The van der Waals surface area contributed by atoms with E-state index >= 15 is 0 Å². The first-order chi connectivity index (χ1) is 11.0. The Balaban J connectivity index is 1.77.